The van der Waals surface area contributed by atoms with Crippen LogP contribution in [0.4, 0.5) is 0 Å². The van der Waals surface area contributed by atoms with E-state index in [0.29, 0.717) is 15.9 Å². The van der Waals surface area contributed by atoms with Crippen LogP contribution in [-0.4, -0.2) is 34.7 Å². The number of hydrogen-bond acceptors (Lipinski definition) is 3. The van der Waals surface area contributed by atoms with Crippen LogP contribution in [0.15, 0.2) is 18.2 Å². The predicted molar refractivity (Wildman–Crippen MR) is 77.8 cm³/mol. The molecule has 1 unspecified atom stereocenters. The fourth-order valence-electron chi connectivity index (χ4n) is 2.28. The van der Waals surface area contributed by atoms with Crippen LogP contribution in [0.3, 0.4) is 0 Å². The number of hydrogen-bond donors (Lipinski definition) is 2. The number of nitrogens with zero attached hydrogens (tertiary/aromatic N) is 1. The van der Waals surface area contributed by atoms with Crippen LogP contribution in [-0.2, 0) is 6.54 Å². The molecule has 18 heavy (non-hydrogen) atoms. The summed E-state index contributed by atoms with van der Waals surface area (Å²) in [6, 6.07) is 5.70. The number of nitrogens with two attached hydrogens (primary N) is 1. The van der Waals surface area contributed by atoms with E-state index < -0.39 is 0 Å². The number of aliphatic hydroxyl groups excluding tert-OH is 1. The second-order valence-electron chi connectivity index (χ2n) is 4.74. The lowest BCUT2D eigenvalue weighted by atomic mass is 10.1. The van der Waals surface area contributed by atoms with E-state index in [0.717, 1.165) is 37.2 Å². The first-order chi connectivity index (χ1) is 8.60. The zero-order chi connectivity index (χ0) is 13.1. The number of aliphatic hydroxyl groups is 1. The van der Waals surface area contributed by atoms with E-state index in [1.165, 1.54) is 0 Å². The third-order valence-electron chi connectivity index (χ3n) is 3.36. The Bertz CT molecular complexity index is 453. The van der Waals surface area contributed by atoms with Gasteiger partial charge in [0.05, 0.1) is 0 Å². The predicted octanol–water partition coefficient (Wildman–Crippen LogP) is 1.79. The molecule has 0 bridgehead atoms. The summed E-state index contributed by atoms with van der Waals surface area (Å²) in [5.41, 5.74) is 7.45. The third kappa shape index (κ3) is 3.20. The molecule has 1 aromatic carbocycles. The smallest absolute Gasteiger partial charge is 0.104 e. The minimum Gasteiger partial charge on any atom is -0.396 e. The van der Waals surface area contributed by atoms with Crippen molar-refractivity contribution in [2.75, 3.05) is 19.7 Å². The lowest BCUT2D eigenvalue weighted by molar-refractivity contribution is 0.220. The molecule has 98 valence electrons. The van der Waals surface area contributed by atoms with E-state index >= 15 is 0 Å². The highest BCUT2D eigenvalue weighted by molar-refractivity contribution is 7.80. The normalized spacial score (nSPS) is 20.2. The Balaban J connectivity index is 2.04. The SMILES string of the molecule is NC(=S)c1ccc(CN2CCC(CO)C2)c(Cl)c1. The van der Waals surface area contributed by atoms with Gasteiger partial charge in [-0.2, -0.15) is 0 Å². The van der Waals surface area contributed by atoms with Gasteiger partial charge in [-0.15, -0.1) is 0 Å². The topological polar surface area (TPSA) is 49.5 Å². The van der Waals surface area contributed by atoms with Crippen LogP contribution in [0.25, 0.3) is 0 Å². The Kier molecular flexibility index (Phi) is 4.56. The van der Waals surface area contributed by atoms with Gasteiger partial charge in [0.2, 0.25) is 0 Å². The summed E-state index contributed by atoms with van der Waals surface area (Å²) in [6.45, 7) is 3.03. The van der Waals surface area contributed by atoms with Crippen molar-refractivity contribution in [3.05, 3.63) is 34.3 Å². The molecule has 1 saturated heterocycles. The van der Waals surface area contributed by atoms with Crippen LogP contribution in [0, 0.1) is 5.92 Å². The molecule has 1 aliphatic rings. The van der Waals surface area contributed by atoms with Gasteiger partial charge >= 0.3 is 0 Å². The average molecular weight is 285 g/mol. The summed E-state index contributed by atoms with van der Waals surface area (Å²) >= 11 is 11.2. The first kappa shape index (κ1) is 13.7. The number of likely N-dealkylation sites (tertiary alicyclic amines) is 1. The summed E-state index contributed by atoms with van der Waals surface area (Å²) in [4.78, 5) is 2.67. The molecule has 1 aliphatic heterocycles. The summed E-state index contributed by atoms with van der Waals surface area (Å²) in [7, 11) is 0. The maximum Gasteiger partial charge on any atom is 0.104 e. The molecule has 0 aliphatic carbocycles. The fourth-order valence-corrected chi connectivity index (χ4v) is 2.64. The van der Waals surface area contributed by atoms with Gasteiger partial charge in [0.1, 0.15) is 4.99 Å². The van der Waals surface area contributed by atoms with Gasteiger partial charge < -0.3 is 10.8 Å². The Morgan fingerprint density at radius 1 is 1.56 bits per heavy atom. The number of benzene rings is 1. The summed E-state index contributed by atoms with van der Waals surface area (Å²) in [5, 5.41) is 9.82. The lowest BCUT2D eigenvalue weighted by Crippen LogP contribution is -2.21. The van der Waals surface area contributed by atoms with E-state index in [9.17, 15) is 0 Å². The molecule has 5 heteroatoms. The van der Waals surface area contributed by atoms with Gasteiger partial charge in [0, 0.05) is 30.3 Å². The minimum atomic E-state index is 0.268. The van der Waals surface area contributed by atoms with Gasteiger partial charge in [-0.05, 0) is 30.5 Å². The summed E-state index contributed by atoms with van der Waals surface area (Å²) < 4.78 is 0. The Hall–Kier alpha value is -0.680. The van der Waals surface area contributed by atoms with Crippen molar-refractivity contribution in [1.82, 2.24) is 4.90 Å². The van der Waals surface area contributed by atoms with E-state index in [4.69, 9.17) is 34.7 Å². The van der Waals surface area contributed by atoms with Crippen molar-refractivity contribution < 1.29 is 5.11 Å². The molecule has 1 fully saturated rings. The molecule has 0 radical (unpaired) electrons. The standard InChI is InChI=1S/C13H17ClN2OS/c14-12-5-10(13(15)18)1-2-11(12)7-16-4-3-9(6-16)8-17/h1-2,5,9,17H,3-4,6-8H2,(H2,15,18). The van der Waals surface area contributed by atoms with Crippen LogP contribution < -0.4 is 5.73 Å². The molecular formula is C13H17ClN2OS. The van der Waals surface area contributed by atoms with Gasteiger partial charge in [0.15, 0.2) is 0 Å². The number of rotatable bonds is 4. The minimum absolute atomic E-state index is 0.268. The second kappa shape index (κ2) is 5.97. The van der Waals surface area contributed by atoms with Crippen molar-refractivity contribution in [2.45, 2.75) is 13.0 Å². The monoisotopic (exact) mass is 284 g/mol. The van der Waals surface area contributed by atoms with Crippen LogP contribution in [0.5, 0.6) is 0 Å². The van der Waals surface area contributed by atoms with Crippen LogP contribution in [0.2, 0.25) is 5.02 Å². The largest absolute Gasteiger partial charge is 0.396 e. The molecule has 2 rings (SSSR count). The summed E-state index contributed by atoms with van der Waals surface area (Å²) in [5.74, 6) is 0.402. The van der Waals surface area contributed by atoms with Crippen molar-refractivity contribution in [1.29, 1.82) is 0 Å². The van der Waals surface area contributed by atoms with Crippen molar-refractivity contribution in [3.8, 4) is 0 Å². The maximum atomic E-state index is 9.12. The molecule has 0 saturated carbocycles. The van der Waals surface area contributed by atoms with E-state index in [1.54, 1.807) is 0 Å². The van der Waals surface area contributed by atoms with Crippen molar-refractivity contribution >= 4 is 28.8 Å². The molecule has 0 aromatic heterocycles. The fraction of sp³-hybridized carbons (Fsp3) is 0.462. The van der Waals surface area contributed by atoms with E-state index in [1.807, 2.05) is 18.2 Å². The van der Waals surface area contributed by atoms with Gasteiger partial charge in [-0.25, -0.2) is 0 Å². The first-order valence-corrected chi connectivity index (χ1v) is 6.80. The van der Waals surface area contributed by atoms with E-state index in [-0.39, 0.29) is 6.61 Å². The van der Waals surface area contributed by atoms with Gasteiger partial charge in [0.25, 0.3) is 0 Å². The molecule has 1 atom stereocenters. The highest BCUT2D eigenvalue weighted by Gasteiger charge is 2.22. The molecule has 3 N–H and O–H groups in total. The Morgan fingerprint density at radius 3 is 2.89 bits per heavy atom. The molecule has 0 amide bonds. The zero-order valence-corrected chi connectivity index (χ0v) is 11.7. The maximum absolute atomic E-state index is 9.12. The zero-order valence-electron chi connectivity index (χ0n) is 10.1. The highest BCUT2D eigenvalue weighted by atomic mass is 35.5. The average Bonchev–Trinajstić information content (AvgIpc) is 2.79. The summed E-state index contributed by atoms with van der Waals surface area (Å²) in [6.07, 6.45) is 1.05. The Labute approximate surface area is 118 Å². The third-order valence-corrected chi connectivity index (χ3v) is 3.95. The van der Waals surface area contributed by atoms with Gasteiger partial charge in [-0.1, -0.05) is 36.0 Å². The lowest BCUT2D eigenvalue weighted by Gasteiger charge is -2.17. The highest BCUT2D eigenvalue weighted by Crippen LogP contribution is 2.23. The van der Waals surface area contributed by atoms with Crippen LogP contribution >= 0.6 is 23.8 Å². The van der Waals surface area contributed by atoms with E-state index in [2.05, 4.69) is 4.90 Å². The number of halogens is 1. The van der Waals surface area contributed by atoms with Crippen molar-refractivity contribution in [3.63, 3.8) is 0 Å². The van der Waals surface area contributed by atoms with Crippen LogP contribution in [0.1, 0.15) is 17.5 Å². The molecule has 0 spiro atoms. The number of thiocarbonyl (C=S) groups is 1. The quantitative estimate of drug-likeness (QED) is 0.828. The molecule has 3 nitrogen and oxygen atoms in total. The second-order valence-corrected chi connectivity index (χ2v) is 5.59. The molecular weight excluding hydrogens is 268 g/mol. The first-order valence-electron chi connectivity index (χ1n) is 6.01. The van der Waals surface area contributed by atoms with Gasteiger partial charge in [-0.3, -0.25) is 4.90 Å². The molecule has 1 heterocycles. The molecule has 1 aromatic rings. The Morgan fingerprint density at radius 2 is 2.33 bits per heavy atom. The van der Waals surface area contributed by atoms with Crippen molar-refractivity contribution in [2.24, 2.45) is 11.7 Å².